The van der Waals surface area contributed by atoms with Crippen molar-refractivity contribution >= 4 is 66.7 Å². The summed E-state index contributed by atoms with van der Waals surface area (Å²) < 4.78 is 7.30. The van der Waals surface area contributed by atoms with Gasteiger partial charge in [-0.15, -0.1) is 0 Å². The number of nitrogens with zero attached hydrogens (tertiary/aromatic N) is 6. The van der Waals surface area contributed by atoms with E-state index >= 15 is 0 Å². The second kappa shape index (κ2) is 16.7. The van der Waals surface area contributed by atoms with Gasteiger partial charge in [0.1, 0.15) is 5.82 Å². The van der Waals surface area contributed by atoms with Crippen LogP contribution in [-0.4, -0.2) is 28.7 Å². The van der Waals surface area contributed by atoms with Crippen molar-refractivity contribution in [3.63, 3.8) is 0 Å². The van der Waals surface area contributed by atoms with E-state index in [9.17, 15) is 0 Å². The van der Waals surface area contributed by atoms with Crippen LogP contribution in [0.3, 0.4) is 0 Å². The molecule has 0 unspecified atom stereocenters. The molecule has 334 valence electrons. The van der Waals surface area contributed by atoms with Crippen LogP contribution < -0.4 is 0 Å². The van der Waals surface area contributed by atoms with Crippen molar-refractivity contribution in [2.75, 3.05) is 0 Å². The lowest BCUT2D eigenvalue weighted by Gasteiger charge is -2.18. The summed E-state index contributed by atoms with van der Waals surface area (Å²) in [6.45, 7) is 0. The molecule has 6 nitrogen and oxygen atoms in total. The lowest BCUT2D eigenvalue weighted by atomic mass is 10.00. The molecule has 0 saturated carbocycles. The Labute approximate surface area is 410 Å². The number of para-hydroxylation sites is 4. The van der Waals surface area contributed by atoms with Gasteiger partial charge in [-0.05, 0) is 95.9 Å². The molecule has 14 rings (SSSR count). The van der Waals surface area contributed by atoms with E-state index in [1.165, 1.54) is 54.8 Å². The predicted molar refractivity (Wildman–Crippen MR) is 294 cm³/mol. The zero-order valence-electron chi connectivity index (χ0n) is 38.7. The fourth-order valence-electron chi connectivity index (χ4n) is 10.9. The van der Waals surface area contributed by atoms with Gasteiger partial charge >= 0.3 is 0 Å². The minimum atomic E-state index is 0.507. The number of allylic oxidation sites excluding steroid dienone is 2. The highest BCUT2D eigenvalue weighted by Gasteiger charge is 2.22. The molecular weight excluding hydrogens is 865 g/mol. The maximum Gasteiger partial charge on any atom is 0.163 e. The Morgan fingerprint density at radius 1 is 0.352 bits per heavy atom. The largest absolute Gasteiger partial charge is 0.309 e. The smallest absolute Gasteiger partial charge is 0.163 e. The lowest BCUT2D eigenvalue weighted by Crippen LogP contribution is -2.07. The number of rotatable bonds is 8. The van der Waals surface area contributed by atoms with E-state index in [1.54, 1.807) is 0 Å². The van der Waals surface area contributed by atoms with Crippen LogP contribution in [0.4, 0.5) is 0 Å². The minimum absolute atomic E-state index is 0.507. The molecule has 4 aromatic heterocycles. The van der Waals surface area contributed by atoms with Crippen LogP contribution in [0, 0.1) is 0 Å². The first kappa shape index (κ1) is 40.7. The quantitative estimate of drug-likeness (QED) is 0.153. The average Bonchev–Trinajstić information content (AvgIpc) is 3.98. The van der Waals surface area contributed by atoms with Crippen LogP contribution in [0.25, 0.3) is 118 Å². The number of fused-ring (bicyclic) bond motifs is 9. The molecule has 71 heavy (non-hydrogen) atoms. The summed E-state index contributed by atoms with van der Waals surface area (Å²) >= 11 is 0. The van der Waals surface area contributed by atoms with Gasteiger partial charge < -0.3 is 13.7 Å². The molecular formula is C65H44N6. The summed E-state index contributed by atoms with van der Waals surface area (Å²) in [5.41, 5.74) is 16.9. The maximum atomic E-state index is 5.13. The van der Waals surface area contributed by atoms with Crippen LogP contribution in [-0.2, 0) is 6.42 Å². The second-order valence-electron chi connectivity index (χ2n) is 18.3. The van der Waals surface area contributed by atoms with Gasteiger partial charge in [0.05, 0.1) is 44.7 Å². The van der Waals surface area contributed by atoms with E-state index in [2.05, 4.69) is 220 Å². The van der Waals surface area contributed by atoms with Crippen molar-refractivity contribution in [1.82, 2.24) is 28.7 Å². The van der Waals surface area contributed by atoms with Crippen molar-refractivity contribution in [3.8, 4) is 51.0 Å². The Balaban J connectivity index is 0.971. The van der Waals surface area contributed by atoms with Crippen molar-refractivity contribution in [1.29, 1.82) is 0 Å². The van der Waals surface area contributed by atoms with Gasteiger partial charge in [-0.1, -0.05) is 170 Å². The summed E-state index contributed by atoms with van der Waals surface area (Å²) in [5, 5.41) is 6.06. The number of hydrogen-bond acceptors (Lipinski definition) is 3. The highest BCUT2D eigenvalue weighted by Crippen LogP contribution is 2.41. The molecule has 0 aliphatic heterocycles. The predicted octanol–water partition coefficient (Wildman–Crippen LogP) is 16.0. The van der Waals surface area contributed by atoms with Crippen LogP contribution >= 0.6 is 0 Å². The summed E-state index contributed by atoms with van der Waals surface area (Å²) in [4.78, 5) is 15.3. The highest BCUT2D eigenvalue weighted by molar-refractivity contribution is 6.12. The zero-order chi connectivity index (χ0) is 46.8. The SMILES string of the molecule is C1=Cc2c(n(-c3ccccc3)c3ccc(-c4ccc5c(c4)c4ccccc4n5-c4cc(Cc5nc(-c6ccccc6)nc(-c6ccccc6)n5)ccc4-n4c5ccccc5c5ccccc54)cc23)C=CC1. The van der Waals surface area contributed by atoms with Gasteiger partial charge in [0.2, 0.25) is 0 Å². The van der Waals surface area contributed by atoms with Gasteiger partial charge in [-0.2, -0.15) is 0 Å². The third-order valence-electron chi connectivity index (χ3n) is 14.1. The lowest BCUT2D eigenvalue weighted by molar-refractivity contribution is 0.930. The monoisotopic (exact) mass is 908 g/mol. The maximum absolute atomic E-state index is 5.13. The second-order valence-corrected chi connectivity index (χ2v) is 18.3. The van der Waals surface area contributed by atoms with Crippen molar-refractivity contribution in [2.45, 2.75) is 12.8 Å². The standard InChI is InChI=1S/C65H44N6/c1-5-19-44(20-6-1)64-66-63(67-65(68-64)45-21-7-2-8-22-45)40-43-33-36-61(70-56-30-16-13-26-49(56)50-27-14-17-31-57(50)70)62(39-43)71-58-32-18-15-28-52(58)54-42-47(35-38-60(54)71)46-34-37-59-53(41-46)51-25-11-4-12-29-55(51)69(59)48-23-9-3-10-24-48/h1-3,5-39,41-42H,4,40H2. The van der Waals surface area contributed by atoms with E-state index in [1.807, 2.05) is 36.4 Å². The first-order valence-corrected chi connectivity index (χ1v) is 24.3. The fourth-order valence-corrected chi connectivity index (χ4v) is 10.9. The van der Waals surface area contributed by atoms with Crippen LogP contribution in [0.15, 0.2) is 231 Å². The molecule has 4 heterocycles. The van der Waals surface area contributed by atoms with Crippen molar-refractivity contribution in [2.24, 2.45) is 0 Å². The van der Waals surface area contributed by atoms with Gasteiger partial charge in [-0.25, -0.2) is 15.0 Å². The van der Waals surface area contributed by atoms with Crippen LogP contribution in [0.2, 0.25) is 0 Å². The number of benzene rings is 9. The zero-order valence-corrected chi connectivity index (χ0v) is 38.7. The number of hydrogen-bond donors (Lipinski definition) is 0. The van der Waals surface area contributed by atoms with E-state index in [4.69, 9.17) is 15.0 Å². The molecule has 1 aliphatic carbocycles. The van der Waals surface area contributed by atoms with Gasteiger partial charge in [0, 0.05) is 55.7 Å². The average molecular weight is 909 g/mol. The molecule has 0 amide bonds. The first-order valence-electron chi connectivity index (χ1n) is 24.3. The Morgan fingerprint density at radius 3 is 1.46 bits per heavy atom. The molecule has 9 aromatic carbocycles. The Bertz CT molecular complexity index is 4160. The summed E-state index contributed by atoms with van der Waals surface area (Å²) in [6.07, 6.45) is 10.5. The molecule has 0 spiro atoms. The van der Waals surface area contributed by atoms with E-state index < -0.39 is 0 Å². The molecule has 0 fully saturated rings. The fraction of sp³-hybridized carbons (Fsp3) is 0.0308. The van der Waals surface area contributed by atoms with Crippen LogP contribution in [0.1, 0.15) is 29.1 Å². The topological polar surface area (TPSA) is 53.5 Å². The molecule has 1 aliphatic rings. The van der Waals surface area contributed by atoms with Crippen molar-refractivity contribution in [3.05, 3.63) is 253 Å². The summed E-state index contributed by atoms with van der Waals surface area (Å²) in [6, 6.07) is 78.3. The van der Waals surface area contributed by atoms with E-state index in [0.717, 1.165) is 62.2 Å². The Kier molecular flexibility index (Phi) is 9.56. The summed E-state index contributed by atoms with van der Waals surface area (Å²) in [5.74, 6) is 2.03. The molecule has 6 heteroatoms. The molecule has 0 N–H and O–H groups in total. The molecule has 0 saturated heterocycles. The first-order chi connectivity index (χ1) is 35.2. The van der Waals surface area contributed by atoms with Gasteiger partial charge in [0.25, 0.3) is 0 Å². The van der Waals surface area contributed by atoms with Crippen molar-refractivity contribution < 1.29 is 0 Å². The molecule has 0 atom stereocenters. The number of aromatic nitrogens is 6. The molecule has 0 radical (unpaired) electrons. The Morgan fingerprint density at radius 2 is 0.845 bits per heavy atom. The van der Waals surface area contributed by atoms with Gasteiger partial charge in [0.15, 0.2) is 11.6 Å². The molecule has 13 aromatic rings. The normalized spacial score (nSPS) is 12.4. The third kappa shape index (κ3) is 6.83. The molecule has 0 bridgehead atoms. The highest BCUT2D eigenvalue weighted by atomic mass is 15.1. The van der Waals surface area contributed by atoms with Gasteiger partial charge in [-0.3, -0.25) is 0 Å². The van der Waals surface area contributed by atoms with Crippen LogP contribution in [0.5, 0.6) is 0 Å². The van der Waals surface area contributed by atoms with E-state index in [0.29, 0.717) is 23.9 Å². The minimum Gasteiger partial charge on any atom is -0.309 e. The Hall–Kier alpha value is -9.39. The van der Waals surface area contributed by atoms with E-state index in [-0.39, 0.29) is 0 Å². The third-order valence-corrected chi connectivity index (χ3v) is 14.1. The summed E-state index contributed by atoms with van der Waals surface area (Å²) in [7, 11) is 0.